The molecule has 2 aliphatic carbocycles. The molecule has 36 heavy (non-hydrogen) atoms. The summed E-state index contributed by atoms with van der Waals surface area (Å²) in [5.74, 6) is 5.88. The summed E-state index contributed by atoms with van der Waals surface area (Å²) in [6.07, 6.45) is 28.1. The predicted molar refractivity (Wildman–Crippen MR) is 155 cm³/mol. The van der Waals surface area contributed by atoms with Crippen LogP contribution in [0.15, 0.2) is 24.3 Å². The molecule has 0 heterocycles. The van der Waals surface area contributed by atoms with Gasteiger partial charge < -0.3 is 9.47 Å². The van der Waals surface area contributed by atoms with Crippen molar-refractivity contribution >= 4 is 0 Å². The standard InChI is InChI=1S/C34H58O2/c1-3-5-7-11-29-15-19-31(20-16-29)13-9-27-35-33-23-25-34(26-24-33)36-28-10-14-32-21-17-30(18-22-32)12-8-6-4-2/h23-26,29-32H,3-22,27-28H2,1-2H3/t29-,30-,31-,32-. The summed E-state index contributed by atoms with van der Waals surface area (Å²) in [7, 11) is 0. The highest BCUT2D eigenvalue weighted by Gasteiger charge is 2.21. The van der Waals surface area contributed by atoms with Gasteiger partial charge in [-0.25, -0.2) is 0 Å². The van der Waals surface area contributed by atoms with E-state index in [4.69, 9.17) is 9.47 Å². The van der Waals surface area contributed by atoms with Crippen LogP contribution >= 0.6 is 0 Å². The number of unbranched alkanes of at least 4 members (excludes halogenated alkanes) is 4. The van der Waals surface area contributed by atoms with Gasteiger partial charge in [0.05, 0.1) is 13.2 Å². The fraction of sp³-hybridized carbons (Fsp3) is 0.824. The maximum Gasteiger partial charge on any atom is 0.119 e. The van der Waals surface area contributed by atoms with Crippen LogP contribution in [-0.4, -0.2) is 13.2 Å². The van der Waals surface area contributed by atoms with Crippen molar-refractivity contribution in [3.63, 3.8) is 0 Å². The Balaban J connectivity index is 1.17. The van der Waals surface area contributed by atoms with Crippen LogP contribution in [0, 0.1) is 23.7 Å². The second-order valence-electron chi connectivity index (χ2n) is 12.2. The van der Waals surface area contributed by atoms with Crippen molar-refractivity contribution in [1.29, 1.82) is 0 Å². The number of hydrogen-bond donors (Lipinski definition) is 0. The molecule has 1 aromatic rings. The molecule has 0 amide bonds. The van der Waals surface area contributed by atoms with E-state index in [2.05, 4.69) is 38.1 Å². The normalized spacial score (nSPS) is 24.5. The molecule has 3 rings (SSSR count). The largest absolute Gasteiger partial charge is 0.494 e. The summed E-state index contributed by atoms with van der Waals surface area (Å²) >= 11 is 0. The molecule has 0 aliphatic heterocycles. The summed E-state index contributed by atoms with van der Waals surface area (Å²) in [5, 5.41) is 0. The number of rotatable bonds is 18. The Hall–Kier alpha value is -1.18. The highest BCUT2D eigenvalue weighted by atomic mass is 16.5. The molecule has 0 aromatic heterocycles. The van der Waals surface area contributed by atoms with E-state index in [1.807, 2.05) is 0 Å². The molecule has 2 aliphatic rings. The van der Waals surface area contributed by atoms with Crippen LogP contribution in [0.3, 0.4) is 0 Å². The van der Waals surface area contributed by atoms with Crippen LogP contribution in [0.5, 0.6) is 11.5 Å². The van der Waals surface area contributed by atoms with Gasteiger partial charge in [-0.3, -0.25) is 0 Å². The molecule has 2 nitrogen and oxygen atoms in total. The van der Waals surface area contributed by atoms with E-state index in [1.165, 1.54) is 128 Å². The van der Waals surface area contributed by atoms with E-state index in [0.717, 1.165) is 48.4 Å². The van der Waals surface area contributed by atoms with Crippen molar-refractivity contribution in [3.8, 4) is 11.5 Å². The molecule has 0 saturated heterocycles. The lowest BCUT2D eigenvalue weighted by Gasteiger charge is -2.28. The Labute approximate surface area is 224 Å². The zero-order valence-corrected chi connectivity index (χ0v) is 24.0. The topological polar surface area (TPSA) is 18.5 Å². The van der Waals surface area contributed by atoms with Gasteiger partial charge in [-0.05, 0) is 73.6 Å². The Morgan fingerprint density at radius 3 is 1.08 bits per heavy atom. The minimum Gasteiger partial charge on any atom is -0.494 e. The smallest absolute Gasteiger partial charge is 0.119 e. The average Bonchev–Trinajstić information content (AvgIpc) is 2.92. The van der Waals surface area contributed by atoms with Gasteiger partial charge in [0.1, 0.15) is 11.5 Å². The lowest BCUT2D eigenvalue weighted by molar-refractivity contribution is 0.226. The first-order chi connectivity index (χ1) is 17.8. The first kappa shape index (κ1) is 29.4. The van der Waals surface area contributed by atoms with Crippen LogP contribution in [0.1, 0.15) is 142 Å². The van der Waals surface area contributed by atoms with Crippen LogP contribution in [-0.2, 0) is 0 Å². The zero-order chi connectivity index (χ0) is 25.3. The SMILES string of the molecule is CCCCC[C@H]1CC[C@H](CCCOc2ccc(OCCC[C@H]3CC[C@H](CCCCC)CC3)cc2)CC1. The van der Waals surface area contributed by atoms with E-state index in [-0.39, 0.29) is 0 Å². The third-order valence-corrected chi connectivity index (χ3v) is 9.24. The molecular weight excluding hydrogens is 440 g/mol. The van der Waals surface area contributed by atoms with E-state index in [9.17, 15) is 0 Å². The van der Waals surface area contributed by atoms with Gasteiger partial charge in [-0.2, -0.15) is 0 Å². The molecule has 0 spiro atoms. The molecule has 206 valence electrons. The molecule has 1 aromatic carbocycles. The van der Waals surface area contributed by atoms with Crippen LogP contribution in [0.2, 0.25) is 0 Å². The Bertz CT molecular complexity index is 581. The number of benzene rings is 1. The summed E-state index contributed by atoms with van der Waals surface area (Å²) in [4.78, 5) is 0. The molecule has 0 N–H and O–H groups in total. The molecular formula is C34H58O2. The fourth-order valence-electron chi connectivity index (χ4n) is 6.74. The van der Waals surface area contributed by atoms with Gasteiger partial charge in [0.15, 0.2) is 0 Å². The van der Waals surface area contributed by atoms with Gasteiger partial charge in [0.25, 0.3) is 0 Å². The third-order valence-electron chi connectivity index (χ3n) is 9.24. The minimum absolute atomic E-state index is 0.845. The highest BCUT2D eigenvalue weighted by Crippen LogP contribution is 2.35. The van der Waals surface area contributed by atoms with Crippen LogP contribution in [0.4, 0.5) is 0 Å². The lowest BCUT2D eigenvalue weighted by atomic mass is 9.78. The van der Waals surface area contributed by atoms with Crippen molar-refractivity contribution in [2.24, 2.45) is 23.7 Å². The summed E-state index contributed by atoms with van der Waals surface area (Å²) in [6, 6.07) is 8.32. The Morgan fingerprint density at radius 1 is 0.472 bits per heavy atom. The quantitative estimate of drug-likeness (QED) is 0.187. The third kappa shape index (κ3) is 11.9. The minimum atomic E-state index is 0.845. The van der Waals surface area contributed by atoms with Gasteiger partial charge in [0, 0.05) is 0 Å². The van der Waals surface area contributed by atoms with E-state index in [1.54, 1.807) is 0 Å². The molecule has 0 unspecified atom stereocenters. The summed E-state index contributed by atoms with van der Waals surface area (Å²) in [6.45, 7) is 6.31. The highest BCUT2D eigenvalue weighted by molar-refractivity contribution is 5.31. The van der Waals surface area contributed by atoms with Crippen LogP contribution < -0.4 is 9.47 Å². The van der Waals surface area contributed by atoms with Gasteiger partial charge in [-0.15, -0.1) is 0 Å². The molecule has 2 saturated carbocycles. The first-order valence-corrected chi connectivity index (χ1v) is 16.1. The Kier molecular flexibility index (Phi) is 14.8. The fourth-order valence-corrected chi connectivity index (χ4v) is 6.74. The monoisotopic (exact) mass is 498 g/mol. The van der Waals surface area contributed by atoms with Crippen molar-refractivity contribution in [1.82, 2.24) is 0 Å². The lowest BCUT2D eigenvalue weighted by Crippen LogP contribution is -2.15. The van der Waals surface area contributed by atoms with Gasteiger partial charge in [0.2, 0.25) is 0 Å². The van der Waals surface area contributed by atoms with Crippen molar-refractivity contribution in [2.45, 2.75) is 142 Å². The number of ether oxygens (including phenoxy) is 2. The van der Waals surface area contributed by atoms with E-state index in [0.29, 0.717) is 0 Å². The molecule has 0 atom stereocenters. The predicted octanol–water partition coefficient (Wildman–Crippen LogP) is 10.8. The summed E-state index contributed by atoms with van der Waals surface area (Å²) < 4.78 is 12.1. The van der Waals surface area contributed by atoms with Crippen molar-refractivity contribution < 1.29 is 9.47 Å². The van der Waals surface area contributed by atoms with Crippen molar-refractivity contribution in [3.05, 3.63) is 24.3 Å². The second kappa shape index (κ2) is 18.1. The van der Waals surface area contributed by atoms with E-state index >= 15 is 0 Å². The molecule has 0 bridgehead atoms. The first-order valence-electron chi connectivity index (χ1n) is 16.1. The molecule has 2 fully saturated rings. The van der Waals surface area contributed by atoms with Gasteiger partial charge >= 0.3 is 0 Å². The summed E-state index contributed by atoms with van der Waals surface area (Å²) in [5.41, 5.74) is 0. The maximum absolute atomic E-state index is 6.03. The van der Waals surface area contributed by atoms with Crippen LogP contribution in [0.25, 0.3) is 0 Å². The maximum atomic E-state index is 6.03. The molecule has 0 radical (unpaired) electrons. The van der Waals surface area contributed by atoms with E-state index < -0.39 is 0 Å². The van der Waals surface area contributed by atoms with Crippen molar-refractivity contribution in [2.75, 3.05) is 13.2 Å². The second-order valence-corrected chi connectivity index (χ2v) is 12.2. The zero-order valence-electron chi connectivity index (χ0n) is 24.0. The average molecular weight is 499 g/mol. The van der Waals surface area contributed by atoms with Gasteiger partial charge in [-0.1, -0.05) is 117 Å². The Morgan fingerprint density at radius 2 is 0.778 bits per heavy atom. The number of hydrogen-bond acceptors (Lipinski definition) is 2. The molecule has 2 heteroatoms.